The zero-order valence-electron chi connectivity index (χ0n) is 13.1. The first-order valence-electron chi connectivity index (χ1n) is 8.86. The van der Waals surface area contributed by atoms with Gasteiger partial charge in [-0.15, -0.1) is 0 Å². The summed E-state index contributed by atoms with van der Waals surface area (Å²) in [5.41, 5.74) is 0. The first-order chi connectivity index (χ1) is 9.40. The summed E-state index contributed by atoms with van der Waals surface area (Å²) < 4.78 is 0. The van der Waals surface area contributed by atoms with E-state index in [-0.39, 0.29) is 0 Å². The van der Waals surface area contributed by atoms with Crippen LogP contribution in [0.25, 0.3) is 0 Å². The number of unbranched alkanes of at least 4 members (excludes halogenated alkanes) is 7. The molecule has 2 heteroatoms. The molecule has 0 aliphatic carbocycles. The number of piperazine rings is 1. The van der Waals surface area contributed by atoms with Crippen molar-refractivity contribution in [3.63, 3.8) is 0 Å². The molecule has 0 amide bonds. The molecular weight excluding hydrogens is 232 g/mol. The van der Waals surface area contributed by atoms with E-state index in [0.717, 1.165) is 6.04 Å². The van der Waals surface area contributed by atoms with Gasteiger partial charge in [-0.2, -0.15) is 0 Å². The smallest absolute Gasteiger partial charge is 0.0224 e. The van der Waals surface area contributed by atoms with Crippen molar-refractivity contribution >= 4 is 0 Å². The quantitative estimate of drug-likeness (QED) is 0.584. The van der Waals surface area contributed by atoms with Crippen molar-refractivity contribution in [2.24, 2.45) is 0 Å². The number of rotatable bonds is 9. The van der Waals surface area contributed by atoms with Crippen LogP contribution in [0.1, 0.15) is 71.1 Å². The summed E-state index contributed by atoms with van der Waals surface area (Å²) >= 11 is 0. The van der Waals surface area contributed by atoms with Crippen LogP contribution in [0.4, 0.5) is 0 Å². The van der Waals surface area contributed by atoms with Gasteiger partial charge in [0.2, 0.25) is 0 Å². The maximum Gasteiger partial charge on any atom is 0.0224 e. The summed E-state index contributed by atoms with van der Waals surface area (Å²) in [4.78, 5) is 5.44. The average molecular weight is 266 g/mol. The predicted molar refractivity (Wildman–Crippen MR) is 83.6 cm³/mol. The predicted octanol–water partition coefficient (Wildman–Crippen LogP) is 3.91. The Bertz CT molecular complexity index is 229. The summed E-state index contributed by atoms with van der Waals surface area (Å²) in [6, 6.07) is 0.905. The highest BCUT2D eigenvalue weighted by molar-refractivity contribution is 4.86. The molecule has 0 aromatic heterocycles. The van der Waals surface area contributed by atoms with Gasteiger partial charge < -0.3 is 4.90 Å². The molecule has 0 bridgehead atoms. The van der Waals surface area contributed by atoms with Gasteiger partial charge in [0.1, 0.15) is 0 Å². The van der Waals surface area contributed by atoms with Crippen LogP contribution in [0.15, 0.2) is 0 Å². The lowest BCUT2D eigenvalue weighted by Crippen LogP contribution is -2.50. The van der Waals surface area contributed by atoms with Gasteiger partial charge in [-0.25, -0.2) is 0 Å². The van der Waals surface area contributed by atoms with Gasteiger partial charge >= 0.3 is 0 Å². The molecule has 1 unspecified atom stereocenters. The number of hydrogen-bond acceptors (Lipinski definition) is 2. The van der Waals surface area contributed by atoms with Gasteiger partial charge in [0.15, 0.2) is 0 Å². The Kier molecular flexibility index (Phi) is 7.23. The fraction of sp³-hybridized carbons (Fsp3) is 1.00. The fourth-order valence-corrected chi connectivity index (χ4v) is 3.73. The minimum Gasteiger partial charge on any atom is -0.301 e. The molecule has 0 N–H and O–H groups in total. The third kappa shape index (κ3) is 5.43. The lowest BCUT2D eigenvalue weighted by molar-refractivity contribution is 0.103. The lowest BCUT2D eigenvalue weighted by atomic mass is 10.1. The molecule has 2 fully saturated rings. The van der Waals surface area contributed by atoms with Crippen LogP contribution in [-0.4, -0.2) is 48.6 Å². The first-order valence-corrected chi connectivity index (χ1v) is 8.86. The van der Waals surface area contributed by atoms with Gasteiger partial charge in [0.25, 0.3) is 0 Å². The monoisotopic (exact) mass is 266 g/mol. The fourth-order valence-electron chi connectivity index (χ4n) is 3.73. The Balaban J connectivity index is 1.43. The summed E-state index contributed by atoms with van der Waals surface area (Å²) in [5, 5.41) is 0. The molecule has 0 aromatic rings. The molecule has 112 valence electrons. The second-order valence-corrected chi connectivity index (χ2v) is 6.61. The number of hydrogen-bond donors (Lipinski definition) is 0. The van der Waals surface area contributed by atoms with Crippen LogP contribution < -0.4 is 0 Å². The molecule has 2 rings (SSSR count). The van der Waals surface area contributed by atoms with Crippen molar-refractivity contribution in [2.75, 3.05) is 32.7 Å². The molecule has 0 saturated carbocycles. The highest BCUT2D eigenvalue weighted by Crippen LogP contribution is 2.21. The van der Waals surface area contributed by atoms with Crippen LogP contribution >= 0.6 is 0 Å². The summed E-state index contributed by atoms with van der Waals surface area (Å²) in [7, 11) is 0. The lowest BCUT2D eigenvalue weighted by Gasteiger charge is -2.37. The molecule has 0 radical (unpaired) electrons. The molecule has 0 spiro atoms. The van der Waals surface area contributed by atoms with E-state index in [9.17, 15) is 0 Å². The second-order valence-electron chi connectivity index (χ2n) is 6.61. The van der Waals surface area contributed by atoms with Crippen LogP contribution in [0.5, 0.6) is 0 Å². The average Bonchev–Trinajstić information content (AvgIpc) is 2.89. The van der Waals surface area contributed by atoms with Gasteiger partial charge in [-0.1, -0.05) is 51.9 Å². The van der Waals surface area contributed by atoms with Crippen LogP contribution in [0.2, 0.25) is 0 Å². The van der Waals surface area contributed by atoms with Crippen molar-refractivity contribution < 1.29 is 0 Å². The van der Waals surface area contributed by atoms with Gasteiger partial charge in [0, 0.05) is 25.7 Å². The highest BCUT2D eigenvalue weighted by atomic mass is 15.3. The van der Waals surface area contributed by atoms with E-state index >= 15 is 0 Å². The van der Waals surface area contributed by atoms with Crippen molar-refractivity contribution in [1.82, 2.24) is 9.80 Å². The largest absolute Gasteiger partial charge is 0.301 e. The van der Waals surface area contributed by atoms with E-state index in [1.807, 2.05) is 0 Å². The number of nitrogens with zero attached hydrogens (tertiary/aromatic N) is 2. The van der Waals surface area contributed by atoms with E-state index in [4.69, 9.17) is 0 Å². The van der Waals surface area contributed by atoms with E-state index in [2.05, 4.69) is 16.7 Å². The third-order valence-electron chi connectivity index (χ3n) is 5.00. The van der Waals surface area contributed by atoms with Crippen molar-refractivity contribution in [2.45, 2.75) is 77.2 Å². The number of fused-ring (bicyclic) bond motifs is 1. The molecule has 2 aliphatic rings. The normalized spacial score (nSPS) is 24.8. The van der Waals surface area contributed by atoms with Crippen molar-refractivity contribution in [1.29, 1.82) is 0 Å². The first kappa shape index (κ1) is 15.3. The summed E-state index contributed by atoms with van der Waals surface area (Å²) in [5.74, 6) is 0. The molecule has 1 atom stereocenters. The summed E-state index contributed by atoms with van der Waals surface area (Å²) in [6.45, 7) is 9.05. The molecule has 2 saturated heterocycles. The van der Waals surface area contributed by atoms with Gasteiger partial charge in [0.05, 0.1) is 0 Å². The maximum absolute atomic E-state index is 2.73. The minimum absolute atomic E-state index is 0.905. The highest BCUT2D eigenvalue weighted by Gasteiger charge is 2.29. The van der Waals surface area contributed by atoms with Crippen molar-refractivity contribution in [3.8, 4) is 0 Å². The zero-order chi connectivity index (χ0) is 13.3. The molecule has 2 aliphatic heterocycles. The maximum atomic E-state index is 2.73. The van der Waals surface area contributed by atoms with E-state index in [1.165, 1.54) is 96.9 Å². The van der Waals surface area contributed by atoms with E-state index in [0.29, 0.717) is 0 Å². The van der Waals surface area contributed by atoms with Crippen LogP contribution in [0, 0.1) is 0 Å². The van der Waals surface area contributed by atoms with E-state index in [1.54, 1.807) is 0 Å². The van der Waals surface area contributed by atoms with Gasteiger partial charge in [-0.3, -0.25) is 4.90 Å². The zero-order valence-corrected chi connectivity index (χ0v) is 13.1. The Morgan fingerprint density at radius 1 is 0.842 bits per heavy atom. The van der Waals surface area contributed by atoms with Crippen LogP contribution in [-0.2, 0) is 0 Å². The third-order valence-corrected chi connectivity index (χ3v) is 5.00. The van der Waals surface area contributed by atoms with E-state index < -0.39 is 0 Å². The molecule has 19 heavy (non-hydrogen) atoms. The second kappa shape index (κ2) is 8.97. The van der Waals surface area contributed by atoms with Crippen molar-refractivity contribution in [3.05, 3.63) is 0 Å². The molecule has 2 nitrogen and oxygen atoms in total. The Labute approximate surface area is 120 Å². The Morgan fingerprint density at radius 2 is 1.58 bits per heavy atom. The Morgan fingerprint density at radius 3 is 2.37 bits per heavy atom. The summed E-state index contributed by atoms with van der Waals surface area (Å²) in [6.07, 6.45) is 14.4. The topological polar surface area (TPSA) is 6.48 Å². The van der Waals surface area contributed by atoms with Crippen LogP contribution in [0.3, 0.4) is 0 Å². The molecular formula is C17H34N2. The molecule has 0 aromatic carbocycles. The SMILES string of the molecule is CCCCCCCCCCN1CCN2CCCC2C1. The standard InChI is InChI=1S/C17H34N2/c1-2-3-4-5-6-7-8-9-12-18-14-15-19-13-10-11-17(19)16-18/h17H,2-16H2,1H3. The molecule has 2 heterocycles. The van der Waals surface area contributed by atoms with Gasteiger partial charge in [-0.05, 0) is 32.4 Å². The minimum atomic E-state index is 0.905. The Hall–Kier alpha value is -0.0800.